The third kappa shape index (κ3) is 8.29. The quantitative estimate of drug-likeness (QED) is 0.316. The van der Waals surface area contributed by atoms with Crippen LogP contribution in [0.25, 0.3) is 0 Å². The van der Waals surface area contributed by atoms with Crippen LogP contribution in [0.5, 0.6) is 0 Å². The molecule has 0 aromatic heterocycles. The van der Waals surface area contributed by atoms with Crippen LogP contribution in [0.3, 0.4) is 0 Å². The number of hydrogen-bond donors (Lipinski definition) is 0. The van der Waals surface area contributed by atoms with Crippen molar-refractivity contribution in [3.63, 3.8) is 0 Å². The van der Waals surface area contributed by atoms with Crippen molar-refractivity contribution in [1.82, 2.24) is 0 Å². The van der Waals surface area contributed by atoms with Gasteiger partial charge in [-0.05, 0) is 6.92 Å². The van der Waals surface area contributed by atoms with Crippen LogP contribution in [0, 0.1) is 0 Å². The van der Waals surface area contributed by atoms with Crippen LogP contribution in [0.2, 0.25) is 0 Å². The fourth-order valence-corrected chi connectivity index (χ4v) is 3.28. The van der Waals surface area contributed by atoms with Gasteiger partial charge in [0.1, 0.15) is 12.2 Å². The van der Waals surface area contributed by atoms with Gasteiger partial charge < -0.3 is 18.4 Å². The highest BCUT2D eigenvalue weighted by molar-refractivity contribution is 7.81. The van der Waals surface area contributed by atoms with E-state index in [4.69, 9.17) is 4.74 Å². The second kappa shape index (κ2) is 7.21. The second-order valence-corrected chi connectivity index (χ2v) is 7.47. The molecule has 16 heteroatoms. The molecule has 0 aromatic carbocycles. The summed E-state index contributed by atoms with van der Waals surface area (Å²) in [5.41, 5.74) is 0. The summed E-state index contributed by atoms with van der Waals surface area (Å²) in [7, 11) is -15.7. The molecular formula is C7H11O13S3-3. The van der Waals surface area contributed by atoms with Gasteiger partial charge in [0.25, 0.3) is 0 Å². The molecule has 0 amide bonds. The molecule has 0 bridgehead atoms. The largest absolute Gasteiger partial charge is 0.726 e. The Hall–Kier alpha value is -0.430. The summed E-state index contributed by atoms with van der Waals surface area (Å²) in [5, 5.41) is 0. The summed E-state index contributed by atoms with van der Waals surface area (Å²) in [6.07, 6.45) is -6.69. The number of rotatable bonds is 7. The lowest BCUT2D eigenvalue weighted by molar-refractivity contribution is -0.154. The highest BCUT2D eigenvalue weighted by Gasteiger charge is 2.41. The molecule has 0 N–H and O–H groups in total. The first-order valence-corrected chi connectivity index (χ1v) is 9.70. The van der Waals surface area contributed by atoms with Gasteiger partial charge in [0, 0.05) is 6.42 Å². The van der Waals surface area contributed by atoms with Crippen LogP contribution in [-0.2, 0) is 48.5 Å². The summed E-state index contributed by atoms with van der Waals surface area (Å²) in [6.45, 7) is 0.299. The summed E-state index contributed by atoms with van der Waals surface area (Å²) in [5.74, 6) is 0. The Bertz CT molecular complexity index is 707. The Morgan fingerprint density at radius 2 is 1.48 bits per heavy atom. The highest BCUT2D eigenvalue weighted by Crippen LogP contribution is 2.27. The first-order chi connectivity index (χ1) is 10.2. The third-order valence-corrected chi connectivity index (χ3v) is 3.97. The topological polar surface area (TPSA) is 209 Å². The molecule has 1 aliphatic rings. The van der Waals surface area contributed by atoms with Crippen LogP contribution < -0.4 is 0 Å². The Balaban J connectivity index is 2.93. The van der Waals surface area contributed by atoms with Gasteiger partial charge in [0.2, 0.25) is 31.2 Å². The molecule has 0 radical (unpaired) electrons. The van der Waals surface area contributed by atoms with Gasteiger partial charge in [-0.25, -0.2) is 25.3 Å². The Morgan fingerprint density at radius 3 is 1.91 bits per heavy atom. The first-order valence-electron chi connectivity index (χ1n) is 5.70. The van der Waals surface area contributed by atoms with E-state index in [0.717, 1.165) is 6.92 Å². The summed E-state index contributed by atoms with van der Waals surface area (Å²) in [6, 6.07) is 0. The molecule has 4 atom stereocenters. The molecule has 1 fully saturated rings. The lowest BCUT2D eigenvalue weighted by Gasteiger charge is -2.39. The minimum Gasteiger partial charge on any atom is -0.726 e. The maximum atomic E-state index is 10.7. The molecule has 0 spiro atoms. The molecule has 1 saturated heterocycles. The van der Waals surface area contributed by atoms with E-state index in [-0.39, 0.29) is 0 Å². The zero-order valence-corrected chi connectivity index (χ0v) is 13.7. The number of hydrogen-bond acceptors (Lipinski definition) is 13. The molecule has 138 valence electrons. The van der Waals surface area contributed by atoms with Gasteiger partial charge in [-0.15, -0.1) is 0 Å². The van der Waals surface area contributed by atoms with E-state index in [1.165, 1.54) is 0 Å². The standard InChI is InChI=1S/C7H14O13S3/c1-4-7(20-23(14,15)16)6(19-22(11,12)13)2-5(18-4)3-17-21(8,9)10/h4-7H,2-3H2,1H3,(H,8,9,10)(H,11,12,13)(H,14,15,16)/p-3/t4-,5?,6-,7?/m1/s1. The zero-order chi connectivity index (χ0) is 18.1. The molecule has 0 aliphatic carbocycles. The lowest BCUT2D eigenvalue weighted by atomic mass is 9.99. The van der Waals surface area contributed by atoms with E-state index in [0.29, 0.717) is 0 Å². The minimum absolute atomic E-state index is 0.596. The molecule has 23 heavy (non-hydrogen) atoms. The average molecular weight is 399 g/mol. The van der Waals surface area contributed by atoms with E-state index in [2.05, 4.69) is 12.5 Å². The molecular weight excluding hydrogens is 388 g/mol. The normalized spacial score (nSPS) is 30.3. The van der Waals surface area contributed by atoms with Gasteiger partial charge in [-0.2, -0.15) is 0 Å². The Kier molecular flexibility index (Phi) is 6.47. The summed E-state index contributed by atoms with van der Waals surface area (Å²) >= 11 is 0. The number of ether oxygens (including phenoxy) is 1. The zero-order valence-electron chi connectivity index (χ0n) is 11.3. The fourth-order valence-electron chi connectivity index (χ4n) is 1.92. The summed E-state index contributed by atoms with van der Waals surface area (Å²) < 4.78 is 112. The predicted molar refractivity (Wildman–Crippen MR) is 63.7 cm³/mol. The van der Waals surface area contributed by atoms with E-state index in [9.17, 15) is 38.9 Å². The maximum Gasteiger partial charge on any atom is 0.218 e. The van der Waals surface area contributed by atoms with Gasteiger partial charge in [0.05, 0.1) is 18.8 Å². The smallest absolute Gasteiger partial charge is 0.218 e. The van der Waals surface area contributed by atoms with Crippen molar-refractivity contribution >= 4 is 31.2 Å². The molecule has 0 saturated carbocycles. The van der Waals surface area contributed by atoms with Crippen LogP contribution in [-0.4, -0.2) is 69.9 Å². The average Bonchev–Trinajstić information content (AvgIpc) is 2.27. The minimum atomic E-state index is -5.31. The van der Waals surface area contributed by atoms with Crippen molar-refractivity contribution in [2.24, 2.45) is 0 Å². The highest BCUT2D eigenvalue weighted by atomic mass is 32.3. The van der Waals surface area contributed by atoms with E-state index < -0.39 is 68.6 Å². The Morgan fingerprint density at radius 1 is 0.957 bits per heavy atom. The van der Waals surface area contributed by atoms with Crippen molar-refractivity contribution in [2.75, 3.05) is 6.61 Å². The monoisotopic (exact) mass is 399 g/mol. The fraction of sp³-hybridized carbons (Fsp3) is 1.00. The van der Waals surface area contributed by atoms with Crippen molar-refractivity contribution < 1.29 is 56.2 Å². The van der Waals surface area contributed by atoms with Crippen molar-refractivity contribution in [2.45, 2.75) is 37.8 Å². The second-order valence-electron chi connectivity index (χ2n) is 4.40. The first kappa shape index (κ1) is 20.6. The molecule has 1 aliphatic heterocycles. The third-order valence-electron chi connectivity index (χ3n) is 2.60. The molecule has 1 heterocycles. The van der Waals surface area contributed by atoms with E-state index in [1.54, 1.807) is 0 Å². The van der Waals surface area contributed by atoms with E-state index in [1.807, 2.05) is 0 Å². The van der Waals surface area contributed by atoms with Crippen molar-refractivity contribution in [3.8, 4) is 0 Å². The van der Waals surface area contributed by atoms with Crippen LogP contribution in [0.15, 0.2) is 0 Å². The van der Waals surface area contributed by atoms with Gasteiger partial charge in [0.15, 0.2) is 0 Å². The molecule has 0 aromatic rings. The van der Waals surface area contributed by atoms with Gasteiger partial charge in [-0.1, -0.05) is 0 Å². The maximum absolute atomic E-state index is 10.7. The molecule has 2 unspecified atom stereocenters. The van der Waals surface area contributed by atoms with Gasteiger partial charge in [-0.3, -0.25) is 12.5 Å². The summed E-state index contributed by atoms with van der Waals surface area (Å²) in [4.78, 5) is 0. The SMILES string of the molecule is C[C@H]1OC(COS(=O)(=O)[O-])C[C@@H](OS(=O)(=O)[O-])C1OS(=O)(=O)[O-]. The van der Waals surface area contributed by atoms with Crippen LogP contribution in [0.4, 0.5) is 0 Å². The van der Waals surface area contributed by atoms with E-state index >= 15 is 0 Å². The van der Waals surface area contributed by atoms with Crippen LogP contribution >= 0.6 is 0 Å². The lowest BCUT2D eigenvalue weighted by Crippen LogP contribution is -2.52. The Labute approximate surface area is 132 Å². The predicted octanol–water partition coefficient (Wildman–Crippen LogP) is -2.67. The molecule has 13 nitrogen and oxygen atoms in total. The van der Waals surface area contributed by atoms with Crippen molar-refractivity contribution in [3.05, 3.63) is 0 Å². The van der Waals surface area contributed by atoms with Crippen molar-refractivity contribution in [1.29, 1.82) is 0 Å². The van der Waals surface area contributed by atoms with Gasteiger partial charge >= 0.3 is 0 Å². The molecule has 1 rings (SSSR count). The van der Waals surface area contributed by atoms with Crippen LogP contribution in [0.1, 0.15) is 13.3 Å².